The molecule has 1 heterocycles. The van der Waals surface area contributed by atoms with E-state index in [2.05, 4.69) is 15.5 Å². The number of anilines is 1. The molecule has 0 aliphatic carbocycles. The summed E-state index contributed by atoms with van der Waals surface area (Å²) in [6, 6.07) is 5.39. The molecule has 1 aromatic heterocycles. The monoisotopic (exact) mass is 294 g/mol. The van der Waals surface area contributed by atoms with Gasteiger partial charge in [-0.05, 0) is 12.5 Å². The molecular formula is C12H11ClN4O3. The minimum absolute atomic E-state index is 0.102. The fourth-order valence-electron chi connectivity index (χ4n) is 1.61. The van der Waals surface area contributed by atoms with Crippen molar-refractivity contribution in [3.8, 4) is 0 Å². The number of aromatic amines is 1. The zero-order valence-electron chi connectivity index (χ0n) is 10.5. The predicted octanol–water partition coefficient (Wildman–Crippen LogP) is 2.79. The molecule has 0 bridgehead atoms. The number of carbonyl (C=O) groups excluding carboxylic acids is 1. The Hall–Kier alpha value is -2.41. The second-order valence-corrected chi connectivity index (χ2v) is 4.48. The Morgan fingerprint density at radius 3 is 2.80 bits per heavy atom. The number of rotatable bonds is 4. The summed E-state index contributed by atoms with van der Waals surface area (Å²) >= 11 is 5.76. The van der Waals surface area contributed by atoms with Gasteiger partial charge in [0.25, 0.3) is 11.6 Å². The summed E-state index contributed by atoms with van der Waals surface area (Å²) in [7, 11) is 0. The number of nitrogens with one attached hydrogen (secondary N) is 2. The lowest BCUT2D eigenvalue weighted by atomic mass is 10.2. The normalized spacial score (nSPS) is 10.3. The van der Waals surface area contributed by atoms with Gasteiger partial charge in [-0.15, -0.1) is 0 Å². The Morgan fingerprint density at radius 2 is 2.20 bits per heavy atom. The highest BCUT2D eigenvalue weighted by molar-refractivity contribution is 6.31. The zero-order valence-corrected chi connectivity index (χ0v) is 11.3. The highest BCUT2D eigenvalue weighted by Gasteiger charge is 2.15. The van der Waals surface area contributed by atoms with Crippen molar-refractivity contribution in [2.24, 2.45) is 0 Å². The van der Waals surface area contributed by atoms with Crippen molar-refractivity contribution >= 4 is 29.0 Å². The molecule has 2 aromatic rings. The van der Waals surface area contributed by atoms with Gasteiger partial charge in [-0.3, -0.25) is 20.0 Å². The average molecular weight is 295 g/mol. The quantitative estimate of drug-likeness (QED) is 0.668. The first-order valence-corrected chi connectivity index (χ1v) is 6.18. The highest BCUT2D eigenvalue weighted by atomic mass is 35.5. The topological polar surface area (TPSA) is 101 Å². The number of nitro groups is 1. The summed E-state index contributed by atoms with van der Waals surface area (Å²) in [5.74, 6) is -0.153. The Kier molecular flexibility index (Phi) is 3.99. The van der Waals surface area contributed by atoms with E-state index in [4.69, 9.17) is 11.6 Å². The first-order chi connectivity index (χ1) is 9.49. The third-order valence-corrected chi connectivity index (χ3v) is 2.83. The van der Waals surface area contributed by atoms with Crippen molar-refractivity contribution in [1.82, 2.24) is 10.2 Å². The van der Waals surface area contributed by atoms with Gasteiger partial charge in [0.1, 0.15) is 0 Å². The molecule has 0 fully saturated rings. The number of non-ortho nitro benzene ring substituents is 1. The van der Waals surface area contributed by atoms with Crippen LogP contribution < -0.4 is 5.32 Å². The molecule has 0 saturated heterocycles. The van der Waals surface area contributed by atoms with Crippen molar-refractivity contribution in [3.05, 3.63) is 50.7 Å². The molecule has 0 radical (unpaired) electrons. The van der Waals surface area contributed by atoms with E-state index in [1.165, 1.54) is 12.1 Å². The van der Waals surface area contributed by atoms with Crippen LogP contribution in [-0.4, -0.2) is 21.0 Å². The Labute approximate surface area is 119 Å². The van der Waals surface area contributed by atoms with Crippen LogP contribution in [0.2, 0.25) is 5.02 Å². The number of H-pyrrole nitrogens is 1. The standard InChI is InChI=1S/C12H11ClN4O3/c1-2-9-6-11(16-15-9)14-12(18)7-3-8(13)5-10(4-7)17(19)20/h3-6H,2H2,1H3,(H2,14,15,16,18). The first-order valence-electron chi connectivity index (χ1n) is 5.80. The number of halogens is 1. The van der Waals surface area contributed by atoms with Crippen LogP contribution in [-0.2, 0) is 6.42 Å². The van der Waals surface area contributed by atoms with Crippen LogP contribution in [0.3, 0.4) is 0 Å². The van der Waals surface area contributed by atoms with Crippen LogP contribution in [0.25, 0.3) is 0 Å². The van der Waals surface area contributed by atoms with E-state index in [0.29, 0.717) is 5.82 Å². The third-order valence-electron chi connectivity index (χ3n) is 2.61. The van der Waals surface area contributed by atoms with Gasteiger partial charge in [0.05, 0.1) is 4.92 Å². The third kappa shape index (κ3) is 3.12. The van der Waals surface area contributed by atoms with Crippen LogP contribution in [0.4, 0.5) is 11.5 Å². The maximum atomic E-state index is 12.0. The average Bonchev–Trinajstić information content (AvgIpc) is 2.85. The minimum Gasteiger partial charge on any atom is -0.305 e. The summed E-state index contributed by atoms with van der Waals surface area (Å²) in [5, 5.41) is 20.1. The summed E-state index contributed by atoms with van der Waals surface area (Å²) in [6.45, 7) is 1.94. The molecule has 1 amide bonds. The Morgan fingerprint density at radius 1 is 1.45 bits per heavy atom. The lowest BCUT2D eigenvalue weighted by Gasteiger charge is -2.02. The van der Waals surface area contributed by atoms with Crippen LogP contribution in [0.1, 0.15) is 23.0 Å². The van der Waals surface area contributed by atoms with Gasteiger partial charge in [-0.2, -0.15) is 5.10 Å². The number of carbonyl (C=O) groups is 1. The van der Waals surface area contributed by atoms with E-state index in [1.807, 2.05) is 6.92 Å². The second-order valence-electron chi connectivity index (χ2n) is 4.04. The number of nitrogens with zero attached hydrogens (tertiary/aromatic N) is 2. The molecule has 2 rings (SSSR count). The van der Waals surface area contributed by atoms with Gasteiger partial charge in [0.15, 0.2) is 5.82 Å². The maximum Gasteiger partial charge on any atom is 0.271 e. The molecule has 7 nitrogen and oxygen atoms in total. The van der Waals surface area contributed by atoms with Crippen molar-refractivity contribution < 1.29 is 9.72 Å². The summed E-state index contributed by atoms with van der Waals surface area (Å²) in [5.41, 5.74) is 0.738. The molecule has 0 aliphatic heterocycles. The van der Waals surface area contributed by atoms with Crippen molar-refractivity contribution in [2.45, 2.75) is 13.3 Å². The molecule has 20 heavy (non-hydrogen) atoms. The second kappa shape index (κ2) is 5.70. The lowest BCUT2D eigenvalue weighted by molar-refractivity contribution is -0.384. The predicted molar refractivity (Wildman–Crippen MR) is 74.0 cm³/mol. The summed E-state index contributed by atoms with van der Waals surface area (Å²) < 4.78 is 0. The maximum absolute atomic E-state index is 12.0. The number of aryl methyl sites for hydroxylation is 1. The molecular weight excluding hydrogens is 284 g/mol. The summed E-state index contributed by atoms with van der Waals surface area (Å²) in [4.78, 5) is 22.1. The molecule has 0 atom stereocenters. The van der Waals surface area contributed by atoms with Gasteiger partial charge in [0.2, 0.25) is 0 Å². The van der Waals surface area contributed by atoms with E-state index < -0.39 is 10.8 Å². The number of nitro benzene ring substituents is 1. The fourth-order valence-corrected chi connectivity index (χ4v) is 1.84. The van der Waals surface area contributed by atoms with Crippen molar-refractivity contribution in [3.63, 3.8) is 0 Å². The lowest BCUT2D eigenvalue weighted by Crippen LogP contribution is -2.12. The number of aromatic nitrogens is 2. The van der Waals surface area contributed by atoms with Gasteiger partial charge in [-0.25, -0.2) is 0 Å². The molecule has 0 saturated carbocycles. The van der Waals surface area contributed by atoms with Gasteiger partial charge >= 0.3 is 0 Å². The number of hydrogen-bond donors (Lipinski definition) is 2. The first kappa shape index (κ1) is 14.0. The smallest absolute Gasteiger partial charge is 0.271 e. The molecule has 104 valence electrons. The summed E-state index contributed by atoms with van der Waals surface area (Å²) in [6.07, 6.45) is 0.755. The fraction of sp³-hybridized carbons (Fsp3) is 0.167. The van der Waals surface area contributed by atoms with Crippen LogP contribution >= 0.6 is 11.6 Å². The van der Waals surface area contributed by atoms with E-state index in [1.54, 1.807) is 6.07 Å². The van der Waals surface area contributed by atoms with Crippen LogP contribution in [0.15, 0.2) is 24.3 Å². The minimum atomic E-state index is -0.605. The SMILES string of the molecule is CCc1cc(NC(=O)c2cc(Cl)cc([N+](=O)[O-])c2)n[nH]1. The van der Waals surface area contributed by atoms with E-state index in [9.17, 15) is 14.9 Å². The molecule has 2 N–H and O–H groups in total. The molecule has 0 unspecified atom stereocenters. The Bertz CT molecular complexity index is 668. The van der Waals surface area contributed by atoms with Gasteiger partial charge in [-0.1, -0.05) is 18.5 Å². The Balaban J connectivity index is 2.22. The zero-order chi connectivity index (χ0) is 14.7. The van der Waals surface area contributed by atoms with E-state index in [0.717, 1.165) is 18.2 Å². The van der Waals surface area contributed by atoms with Crippen molar-refractivity contribution in [1.29, 1.82) is 0 Å². The highest BCUT2D eigenvalue weighted by Crippen LogP contribution is 2.21. The van der Waals surface area contributed by atoms with Gasteiger partial charge < -0.3 is 5.32 Å². The van der Waals surface area contributed by atoms with Crippen LogP contribution in [0, 0.1) is 10.1 Å². The molecule has 8 heteroatoms. The number of benzene rings is 1. The van der Waals surface area contributed by atoms with Gasteiger partial charge in [0, 0.05) is 34.5 Å². The number of amides is 1. The molecule has 0 aliphatic rings. The van der Waals surface area contributed by atoms with E-state index >= 15 is 0 Å². The number of hydrogen-bond acceptors (Lipinski definition) is 4. The van der Waals surface area contributed by atoms with E-state index in [-0.39, 0.29) is 16.3 Å². The molecule has 0 spiro atoms. The van der Waals surface area contributed by atoms with Crippen molar-refractivity contribution in [2.75, 3.05) is 5.32 Å². The molecule has 1 aromatic carbocycles. The van der Waals surface area contributed by atoms with Crippen LogP contribution in [0.5, 0.6) is 0 Å². The largest absolute Gasteiger partial charge is 0.305 e.